The normalized spacial score (nSPS) is 31.7. The summed E-state index contributed by atoms with van der Waals surface area (Å²) >= 11 is 0. The van der Waals surface area contributed by atoms with Crippen molar-refractivity contribution >= 4 is 11.8 Å². The lowest BCUT2D eigenvalue weighted by atomic mass is 9.45. The van der Waals surface area contributed by atoms with Crippen LogP contribution in [-0.4, -0.2) is 65.0 Å². The number of hydrogen-bond acceptors (Lipinski definition) is 6. The number of aliphatic hydroxyl groups is 2. The van der Waals surface area contributed by atoms with E-state index in [-0.39, 0.29) is 31.0 Å². The Morgan fingerprint density at radius 2 is 1.90 bits per heavy atom. The summed E-state index contributed by atoms with van der Waals surface area (Å²) in [6.07, 6.45) is 0.643. The molecule has 2 bridgehead atoms. The molecule has 8 nitrogen and oxygen atoms in total. The van der Waals surface area contributed by atoms with Crippen LogP contribution in [0.5, 0.6) is 0 Å². The van der Waals surface area contributed by atoms with Crippen molar-refractivity contribution in [1.29, 1.82) is 0 Å². The highest BCUT2D eigenvalue weighted by atomic mass is 16.7. The van der Waals surface area contributed by atoms with Gasteiger partial charge in [0.15, 0.2) is 0 Å². The quantitative estimate of drug-likeness (QED) is 0.402. The van der Waals surface area contributed by atoms with Crippen LogP contribution in [-0.2, 0) is 16.2 Å². The fraction of sp³-hybridized carbons (Fsp3) is 0.562. The maximum absolute atomic E-state index is 13.9. The largest absolute Gasteiger partial charge is 0.394 e. The monoisotopic (exact) mass is 549 g/mol. The molecule has 1 unspecified atom stereocenters. The van der Waals surface area contributed by atoms with Crippen LogP contribution < -0.4 is 10.6 Å². The Labute approximate surface area is 237 Å². The Kier molecular flexibility index (Phi) is 8.08. The molecule has 4 N–H and O–H groups in total. The maximum atomic E-state index is 13.9. The van der Waals surface area contributed by atoms with Gasteiger partial charge in [-0.15, -0.1) is 0 Å². The number of rotatable bonds is 8. The van der Waals surface area contributed by atoms with Gasteiger partial charge in [-0.3, -0.25) is 14.4 Å². The van der Waals surface area contributed by atoms with Crippen LogP contribution in [0.1, 0.15) is 56.5 Å². The third-order valence-corrected chi connectivity index (χ3v) is 10.0. The van der Waals surface area contributed by atoms with Gasteiger partial charge in [0.05, 0.1) is 19.3 Å². The van der Waals surface area contributed by atoms with E-state index in [1.807, 2.05) is 42.5 Å². The molecule has 8 atom stereocenters. The van der Waals surface area contributed by atoms with Crippen LogP contribution in [0.2, 0.25) is 0 Å². The van der Waals surface area contributed by atoms with Crippen LogP contribution in [0.3, 0.4) is 0 Å². The molecule has 8 heteroatoms. The summed E-state index contributed by atoms with van der Waals surface area (Å²) in [5.74, 6) is 0.657. The van der Waals surface area contributed by atoms with Crippen molar-refractivity contribution in [3.8, 4) is 11.1 Å². The second-order valence-electron chi connectivity index (χ2n) is 12.6. The summed E-state index contributed by atoms with van der Waals surface area (Å²) in [6.45, 7) is 8.55. The number of amides is 2. The molecule has 6 rings (SSSR count). The highest BCUT2D eigenvalue weighted by Crippen LogP contribution is 2.61. The number of benzene rings is 2. The van der Waals surface area contributed by atoms with Crippen molar-refractivity contribution in [3.05, 3.63) is 59.7 Å². The van der Waals surface area contributed by atoms with Gasteiger partial charge >= 0.3 is 0 Å². The molecule has 216 valence electrons. The smallest absolute Gasteiger partial charge is 0.251 e. The van der Waals surface area contributed by atoms with Crippen molar-refractivity contribution in [3.63, 3.8) is 0 Å². The van der Waals surface area contributed by atoms with Crippen molar-refractivity contribution < 1.29 is 24.6 Å². The van der Waals surface area contributed by atoms with Gasteiger partial charge in [0.25, 0.3) is 5.91 Å². The van der Waals surface area contributed by atoms with E-state index in [4.69, 9.17) is 4.84 Å². The highest BCUT2D eigenvalue weighted by molar-refractivity contribution is 6.00. The summed E-state index contributed by atoms with van der Waals surface area (Å²) in [5.41, 5.74) is 3.46. The zero-order valence-electron chi connectivity index (χ0n) is 24.1. The molecule has 0 spiro atoms. The molecule has 4 fully saturated rings. The van der Waals surface area contributed by atoms with Crippen LogP contribution in [0, 0.1) is 29.1 Å². The Morgan fingerprint density at radius 1 is 1.15 bits per heavy atom. The minimum Gasteiger partial charge on any atom is -0.394 e. The topological polar surface area (TPSA) is 111 Å². The van der Waals surface area contributed by atoms with E-state index in [9.17, 15) is 19.8 Å². The van der Waals surface area contributed by atoms with Crippen LogP contribution in [0.15, 0.2) is 48.5 Å². The highest BCUT2D eigenvalue weighted by Gasteiger charge is 2.57. The molecule has 1 aliphatic heterocycles. The predicted molar refractivity (Wildman–Crippen MR) is 153 cm³/mol. The van der Waals surface area contributed by atoms with E-state index >= 15 is 0 Å². The summed E-state index contributed by atoms with van der Waals surface area (Å²) < 4.78 is 0. The molecule has 4 aliphatic rings. The standard InChI is InChI=1S/C32H43N3O5/c1-18-25-14-22(32(25,3)4)15-26(18)34-31(39)29-28(19(2)37)27(17-36)40-35(29)16-20-9-8-10-21(13-20)23-11-6-7-12-24(23)30(38)33-5/h6-13,18-19,22,25-29,36-37H,14-17H2,1-5H3,(H,33,38)(H,34,39)/t18-,19-,22+,25-,26-,27?,28+,29-/m0/s1. The minimum absolute atomic E-state index is 0.0819. The first kappa shape index (κ1) is 28.7. The molecule has 0 aromatic heterocycles. The van der Waals surface area contributed by atoms with E-state index in [1.165, 1.54) is 6.42 Å². The zero-order chi connectivity index (χ0) is 28.8. The fourth-order valence-electron chi connectivity index (χ4n) is 7.57. The van der Waals surface area contributed by atoms with Crippen molar-refractivity contribution in [1.82, 2.24) is 15.7 Å². The zero-order valence-corrected chi connectivity index (χ0v) is 24.1. The second kappa shape index (κ2) is 11.2. The lowest BCUT2D eigenvalue weighted by Crippen LogP contribution is -2.62. The molecular formula is C32H43N3O5. The Bertz CT molecular complexity index is 1250. The average Bonchev–Trinajstić information content (AvgIpc) is 3.32. The van der Waals surface area contributed by atoms with Gasteiger partial charge in [-0.2, -0.15) is 5.06 Å². The molecular weight excluding hydrogens is 506 g/mol. The van der Waals surface area contributed by atoms with E-state index in [1.54, 1.807) is 25.1 Å². The first-order valence-corrected chi connectivity index (χ1v) is 14.5. The number of carbonyl (C=O) groups excluding carboxylic acids is 2. The Hall–Kier alpha value is -2.78. The Balaban J connectivity index is 1.39. The minimum atomic E-state index is -0.847. The molecule has 40 heavy (non-hydrogen) atoms. The lowest BCUT2D eigenvalue weighted by molar-refractivity contribution is -0.183. The Morgan fingerprint density at radius 3 is 2.55 bits per heavy atom. The van der Waals surface area contributed by atoms with E-state index in [0.29, 0.717) is 28.7 Å². The van der Waals surface area contributed by atoms with Gasteiger partial charge in [0, 0.05) is 24.6 Å². The number of carbonyl (C=O) groups is 2. The molecule has 3 saturated carbocycles. The van der Waals surface area contributed by atoms with Gasteiger partial charge in [-0.25, -0.2) is 0 Å². The molecule has 1 saturated heterocycles. The van der Waals surface area contributed by atoms with Crippen LogP contribution in [0.25, 0.3) is 11.1 Å². The van der Waals surface area contributed by atoms with Crippen LogP contribution >= 0.6 is 0 Å². The van der Waals surface area contributed by atoms with Gasteiger partial charge in [0.2, 0.25) is 5.91 Å². The average molecular weight is 550 g/mol. The van der Waals surface area contributed by atoms with E-state index in [2.05, 4.69) is 31.4 Å². The molecule has 2 aromatic carbocycles. The second-order valence-corrected chi connectivity index (χ2v) is 12.6. The van der Waals surface area contributed by atoms with Crippen molar-refractivity contribution in [2.75, 3.05) is 13.7 Å². The van der Waals surface area contributed by atoms with Crippen molar-refractivity contribution in [2.45, 2.75) is 71.4 Å². The lowest BCUT2D eigenvalue weighted by Gasteiger charge is -2.62. The summed E-state index contributed by atoms with van der Waals surface area (Å²) in [5, 5.41) is 28.4. The van der Waals surface area contributed by atoms with Gasteiger partial charge in [-0.1, -0.05) is 57.2 Å². The number of aliphatic hydroxyl groups excluding tert-OH is 2. The van der Waals surface area contributed by atoms with Crippen LogP contribution in [0.4, 0.5) is 0 Å². The number of hydroxylamine groups is 2. The van der Waals surface area contributed by atoms with Gasteiger partial charge in [-0.05, 0) is 71.8 Å². The molecule has 0 radical (unpaired) electrons. The van der Waals surface area contributed by atoms with E-state index < -0.39 is 24.2 Å². The summed E-state index contributed by atoms with van der Waals surface area (Å²) in [6, 6.07) is 14.6. The number of fused-ring (bicyclic) bond motifs is 2. The summed E-state index contributed by atoms with van der Waals surface area (Å²) in [7, 11) is 1.61. The molecule has 2 amide bonds. The maximum Gasteiger partial charge on any atom is 0.251 e. The number of nitrogens with one attached hydrogen (secondary N) is 2. The molecule has 1 heterocycles. The predicted octanol–water partition coefficient (Wildman–Crippen LogP) is 3.37. The van der Waals surface area contributed by atoms with Crippen molar-refractivity contribution in [2.24, 2.45) is 29.1 Å². The fourth-order valence-corrected chi connectivity index (χ4v) is 7.57. The first-order valence-electron chi connectivity index (χ1n) is 14.5. The third-order valence-electron chi connectivity index (χ3n) is 10.0. The summed E-state index contributed by atoms with van der Waals surface area (Å²) in [4.78, 5) is 32.5. The molecule has 2 aromatic rings. The van der Waals surface area contributed by atoms with Gasteiger partial charge in [0.1, 0.15) is 12.1 Å². The number of hydrogen-bond donors (Lipinski definition) is 4. The number of nitrogens with zero attached hydrogens (tertiary/aromatic N) is 1. The van der Waals surface area contributed by atoms with E-state index in [0.717, 1.165) is 23.1 Å². The first-order chi connectivity index (χ1) is 19.1. The third kappa shape index (κ3) is 5.07. The molecule has 3 aliphatic carbocycles. The SMILES string of the molecule is CNC(=O)c1ccccc1-c1cccc(CN2OC(CO)[C@@H]([C@H](C)O)[C@H]2C(=O)N[C@H]2C[C@H]3C[C@@H]([C@@H]2C)C3(C)C)c1. The van der Waals surface area contributed by atoms with Gasteiger partial charge < -0.3 is 20.8 Å².